The molecule has 0 bridgehead atoms. The molecule has 0 spiro atoms. The van der Waals surface area contributed by atoms with Gasteiger partial charge in [0.25, 0.3) is 0 Å². The summed E-state index contributed by atoms with van der Waals surface area (Å²) in [4.78, 5) is 6.72. The molecule has 3 rings (SSSR count). The minimum absolute atomic E-state index is 0.531. The maximum Gasteiger partial charge on any atom is 0.195 e. The highest BCUT2D eigenvalue weighted by Gasteiger charge is 2.24. The molecule has 0 saturated carbocycles. The molecule has 7 heteroatoms. The van der Waals surface area contributed by atoms with Gasteiger partial charge in [0.2, 0.25) is 0 Å². The number of methoxy groups -OCH3 is 3. The Morgan fingerprint density at radius 2 is 1.79 bits per heavy atom. The van der Waals surface area contributed by atoms with Gasteiger partial charge in [0.15, 0.2) is 17.5 Å². The van der Waals surface area contributed by atoms with Crippen LogP contribution in [0.2, 0.25) is 0 Å². The number of hydrogen-bond acceptors (Lipinski definition) is 5. The molecule has 0 aliphatic carbocycles. The summed E-state index contributed by atoms with van der Waals surface area (Å²) < 4.78 is 16.2. The minimum atomic E-state index is 0.531. The summed E-state index contributed by atoms with van der Waals surface area (Å²) >= 11 is 0. The van der Waals surface area contributed by atoms with Crippen LogP contribution in [0.1, 0.15) is 6.42 Å². The average molecular weight is 399 g/mol. The second kappa shape index (κ2) is 9.91. The minimum Gasteiger partial charge on any atom is -0.495 e. The third-order valence-electron chi connectivity index (χ3n) is 5.14. The Morgan fingerprint density at radius 3 is 2.52 bits per heavy atom. The molecule has 0 amide bonds. The molecule has 156 valence electrons. The van der Waals surface area contributed by atoms with Gasteiger partial charge in [0.1, 0.15) is 5.75 Å². The quantitative estimate of drug-likeness (QED) is 0.551. The third kappa shape index (κ3) is 5.04. The van der Waals surface area contributed by atoms with E-state index in [1.165, 1.54) is 0 Å². The van der Waals surface area contributed by atoms with Gasteiger partial charge in [-0.05, 0) is 36.6 Å². The van der Waals surface area contributed by atoms with E-state index in [0.717, 1.165) is 49.1 Å². The SMILES string of the molecule is CN=C(NCC1CCN(c2ccccc2OC)C1)Nc1ccc(OC)c(OC)c1. The zero-order valence-corrected chi connectivity index (χ0v) is 17.6. The molecule has 1 aliphatic rings. The van der Waals surface area contributed by atoms with E-state index in [1.807, 2.05) is 30.3 Å². The molecule has 1 aliphatic heterocycles. The molecule has 2 aromatic carbocycles. The second-order valence-corrected chi connectivity index (χ2v) is 6.92. The lowest BCUT2D eigenvalue weighted by Crippen LogP contribution is -2.35. The van der Waals surface area contributed by atoms with Gasteiger partial charge in [-0.15, -0.1) is 0 Å². The van der Waals surface area contributed by atoms with Gasteiger partial charge >= 0.3 is 0 Å². The predicted octanol–water partition coefficient (Wildman–Crippen LogP) is 3.23. The first kappa shape index (κ1) is 20.6. The van der Waals surface area contributed by atoms with E-state index in [0.29, 0.717) is 17.4 Å². The van der Waals surface area contributed by atoms with Crippen molar-refractivity contribution in [3.8, 4) is 17.2 Å². The van der Waals surface area contributed by atoms with E-state index in [9.17, 15) is 0 Å². The number of nitrogens with zero attached hydrogens (tertiary/aromatic N) is 2. The Balaban J connectivity index is 1.55. The van der Waals surface area contributed by atoms with Crippen molar-refractivity contribution in [2.75, 3.05) is 58.2 Å². The lowest BCUT2D eigenvalue weighted by Gasteiger charge is -2.21. The van der Waals surface area contributed by atoms with Gasteiger partial charge in [-0.2, -0.15) is 0 Å². The first-order valence-corrected chi connectivity index (χ1v) is 9.76. The van der Waals surface area contributed by atoms with Crippen LogP contribution in [0.4, 0.5) is 11.4 Å². The maximum atomic E-state index is 5.50. The van der Waals surface area contributed by atoms with Crippen LogP contribution in [0.3, 0.4) is 0 Å². The van der Waals surface area contributed by atoms with Crippen molar-refractivity contribution < 1.29 is 14.2 Å². The molecule has 1 heterocycles. The number of guanidine groups is 1. The van der Waals surface area contributed by atoms with E-state index >= 15 is 0 Å². The van der Waals surface area contributed by atoms with Crippen LogP contribution >= 0.6 is 0 Å². The van der Waals surface area contributed by atoms with Crippen molar-refractivity contribution in [2.24, 2.45) is 10.9 Å². The highest BCUT2D eigenvalue weighted by Crippen LogP contribution is 2.32. The van der Waals surface area contributed by atoms with Crippen molar-refractivity contribution in [3.05, 3.63) is 42.5 Å². The monoisotopic (exact) mass is 398 g/mol. The summed E-state index contributed by atoms with van der Waals surface area (Å²) in [6.07, 6.45) is 1.12. The van der Waals surface area contributed by atoms with Gasteiger partial charge in [-0.25, -0.2) is 0 Å². The lowest BCUT2D eigenvalue weighted by molar-refractivity contribution is 0.355. The van der Waals surface area contributed by atoms with Crippen molar-refractivity contribution in [1.82, 2.24) is 5.32 Å². The fourth-order valence-electron chi connectivity index (χ4n) is 3.58. The van der Waals surface area contributed by atoms with Crippen LogP contribution < -0.4 is 29.7 Å². The molecule has 7 nitrogen and oxygen atoms in total. The van der Waals surface area contributed by atoms with Crippen molar-refractivity contribution in [1.29, 1.82) is 0 Å². The Hall–Kier alpha value is -3.09. The lowest BCUT2D eigenvalue weighted by atomic mass is 10.1. The first-order chi connectivity index (χ1) is 14.2. The molecule has 2 N–H and O–H groups in total. The molecule has 1 saturated heterocycles. The zero-order valence-electron chi connectivity index (χ0n) is 17.6. The van der Waals surface area contributed by atoms with Crippen LogP contribution in [0.25, 0.3) is 0 Å². The molecule has 1 atom stereocenters. The fraction of sp³-hybridized carbons (Fsp3) is 0.409. The standard InChI is InChI=1S/C22H30N4O3/c1-23-22(25-17-9-10-20(28-3)21(13-17)29-4)24-14-16-11-12-26(15-16)18-7-5-6-8-19(18)27-2/h5-10,13,16H,11-12,14-15H2,1-4H3,(H2,23,24,25). The number of hydrogen-bond donors (Lipinski definition) is 2. The zero-order chi connectivity index (χ0) is 20.6. The Morgan fingerprint density at radius 1 is 1.03 bits per heavy atom. The number of para-hydroxylation sites is 2. The maximum absolute atomic E-state index is 5.50. The molecule has 0 radical (unpaired) electrons. The number of aliphatic imine (C=N–C) groups is 1. The molecule has 1 fully saturated rings. The predicted molar refractivity (Wildman–Crippen MR) is 118 cm³/mol. The van der Waals surface area contributed by atoms with Gasteiger partial charge in [0.05, 0.1) is 27.0 Å². The molecule has 29 heavy (non-hydrogen) atoms. The van der Waals surface area contributed by atoms with E-state index in [2.05, 4.69) is 32.7 Å². The van der Waals surface area contributed by atoms with Crippen LogP contribution in [-0.4, -0.2) is 54.0 Å². The van der Waals surface area contributed by atoms with E-state index in [1.54, 1.807) is 28.4 Å². The van der Waals surface area contributed by atoms with Crippen LogP contribution in [0.5, 0.6) is 17.2 Å². The summed E-state index contributed by atoms with van der Waals surface area (Å²) in [6, 6.07) is 13.9. The number of nitrogens with one attached hydrogen (secondary N) is 2. The smallest absolute Gasteiger partial charge is 0.195 e. The van der Waals surface area contributed by atoms with E-state index in [4.69, 9.17) is 14.2 Å². The highest BCUT2D eigenvalue weighted by molar-refractivity contribution is 5.93. The average Bonchev–Trinajstić information content (AvgIpc) is 3.25. The normalized spacial score (nSPS) is 16.5. The van der Waals surface area contributed by atoms with Crippen molar-refractivity contribution in [2.45, 2.75) is 6.42 Å². The highest BCUT2D eigenvalue weighted by atomic mass is 16.5. The molecule has 0 aromatic heterocycles. The van der Waals surface area contributed by atoms with E-state index < -0.39 is 0 Å². The molecule has 1 unspecified atom stereocenters. The summed E-state index contributed by atoms with van der Waals surface area (Å²) in [5.41, 5.74) is 2.04. The topological polar surface area (TPSA) is 67.4 Å². The van der Waals surface area contributed by atoms with Crippen molar-refractivity contribution >= 4 is 17.3 Å². The number of benzene rings is 2. The second-order valence-electron chi connectivity index (χ2n) is 6.92. The third-order valence-corrected chi connectivity index (χ3v) is 5.14. The summed E-state index contributed by atoms with van der Waals surface area (Å²) in [5.74, 6) is 3.56. The summed E-state index contributed by atoms with van der Waals surface area (Å²) in [5, 5.41) is 6.74. The first-order valence-electron chi connectivity index (χ1n) is 9.76. The van der Waals surface area contributed by atoms with Gasteiger partial charge in [0, 0.05) is 38.4 Å². The Labute approximate surface area is 172 Å². The van der Waals surface area contributed by atoms with Crippen LogP contribution in [-0.2, 0) is 0 Å². The summed E-state index contributed by atoms with van der Waals surface area (Å²) in [6.45, 7) is 2.85. The Bertz CT molecular complexity index is 841. The van der Waals surface area contributed by atoms with E-state index in [-0.39, 0.29) is 0 Å². The number of ether oxygens (including phenoxy) is 3. The molecular formula is C22H30N4O3. The van der Waals surface area contributed by atoms with Gasteiger partial charge in [-0.1, -0.05) is 12.1 Å². The fourth-order valence-corrected chi connectivity index (χ4v) is 3.58. The summed E-state index contributed by atoms with van der Waals surface area (Å²) in [7, 11) is 6.74. The largest absolute Gasteiger partial charge is 0.495 e. The van der Waals surface area contributed by atoms with Gasteiger partial charge in [-0.3, -0.25) is 4.99 Å². The number of rotatable bonds is 7. The molecular weight excluding hydrogens is 368 g/mol. The van der Waals surface area contributed by atoms with Crippen LogP contribution in [0.15, 0.2) is 47.5 Å². The van der Waals surface area contributed by atoms with Crippen molar-refractivity contribution in [3.63, 3.8) is 0 Å². The molecule has 2 aromatic rings. The Kier molecular flexibility index (Phi) is 7.05. The number of anilines is 2. The van der Waals surface area contributed by atoms with Gasteiger partial charge < -0.3 is 29.7 Å². The van der Waals surface area contributed by atoms with Crippen LogP contribution in [0, 0.1) is 5.92 Å².